The van der Waals surface area contributed by atoms with E-state index in [-0.39, 0.29) is 6.04 Å². The van der Waals surface area contributed by atoms with Crippen LogP contribution in [0.5, 0.6) is 0 Å². The second-order valence-corrected chi connectivity index (χ2v) is 4.76. The predicted molar refractivity (Wildman–Crippen MR) is 70.0 cm³/mol. The van der Waals surface area contributed by atoms with Gasteiger partial charge in [0.1, 0.15) is 5.69 Å². The first-order chi connectivity index (χ1) is 8.74. The average Bonchev–Trinajstić information content (AvgIpc) is 2.79. The maximum Gasteiger partial charge on any atom is 0.102 e. The highest BCUT2D eigenvalue weighted by Gasteiger charge is 2.22. The lowest BCUT2D eigenvalue weighted by Crippen LogP contribution is -2.33. The molecular weight excluding hydrogens is 226 g/mol. The molecule has 1 aliphatic heterocycles. The van der Waals surface area contributed by atoms with E-state index in [0.717, 1.165) is 25.2 Å². The summed E-state index contributed by atoms with van der Waals surface area (Å²) < 4.78 is 1.73. The number of anilines is 1. The lowest BCUT2D eigenvalue weighted by Gasteiger charge is -2.33. The number of hydrogen-bond acceptors (Lipinski definition) is 4. The molecule has 3 rings (SSSR count). The van der Waals surface area contributed by atoms with Crippen molar-refractivity contribution in [2.24, 2.45) is 12.8 Å². The Morgan fingerprint density at radius 1 is 1.39 bits per heavy atom. The normalized spacial score (nSPS) is 18.8. The van der Waals surface area contributed by atoms with E-state index >= 15 is 0 Å². The number of rotatable bonds is 2. The fourth-order valence-corrected chi connectivity index (χ4v) is 2.49. The number of para-hydroxylation sites is 1. The molecule has 5 nitrogen and oxygen atoms in total. The molecule has 0 saturated carbocycles. The number of nitrogens with two attached hydrogens (primary N) is 1. The van der Waals surface area contributed by atoms with E-state index in [4.69, 9.17) is 5.73 Å². The van der Waals surface area contributed by atoms with E-state index in [1.807, 2.05) is 19.3 Å². The van der Waals surface area contributed by atoms with Crippen LogP contribution in [0.25, 0.3) is 0 Å². The predicted octanol–water partition coefficient (Wildman–Crippen LogP) is 1.23. The zero-order valence-corrected chi connectivity index (χ0v) is 10.5. The third-order valence-corrected chi connectivity index (χ3v) is 3.39. The molecule has 0 radical (unpaired) electrons. The van der Waals surface area contributed by atoms with Crippen LogP contribution in [0, 0.1) is 0 Å². The molecule has 2 N–H and O–H groups in total. The number of nitrogens with zero attached hydrogens (tertiary/aromatic N) is 4. The number of benzene rings is 1. The van der Waals surface area contributed by atoms with Gasteiger partial charge in [-0.1, -0.05) is 23.4 Å². The molecule has 94 valence electrons. The topological polar surface area (TPSA) is 60.0 Å². The molecule has 18 heavy (non-hydrogen) atoms. The van der Waals surface area contributed by atoms with Gasteiger partial charge in [0.05, 0.1) is 6.54 Å². The van der Waals surface area contributed by atoms with Crippen LogP contribution in [0.4, 0.5) is 5.69 Å². The summed E-state index contributed by atoms with van der Waals surface area (Å²) in [7, 11) is 1.89. The minimum Gasteiger partial charge on any atom is -0.365 e. The summed E-state index contributed by atoms with van der Waals surface area (Å²) in [6.07, 6.45) is 2.94. The van der Waals surface area contributed by atoms with Gasteiger partial charge >= 0.3 is 0 Å². The summed E-state index contributed by atoms with van der Waals surface area (Å²) in [5.74, 6) is 0. The molecule has 2 aromatic rings. The smallest absolute Gasteiger partial charge is 0.102 e. The summed E-state index contributed by atoms with van der Waals surface area (Å²) in [6.45, 7) is 1.76. The number of fused-ring (bicyclic) bond motifs is 1. The molecule has 0 saturated heterocycles. The zero-order valence-electron chi connectivity index (χ0n) is 10.5. The van der Waals surface area contributed by atoms with Crippen molar-refractivity contribution in [1.29, 1.82) is 0 Å². The van der Waals surface area contributed by atoms with Crippen molar-refractivity contribution in [2.45, 2.75) is 19.0 Å². The van der Waals surface area contributed by atoms with Crippen LogP contribution >= 0.6 is 0 Å². The van der Waals surface area contributed by atoms with Gasteiger partial charge in [0.2, 0.25) is 0 Å². The molecule has 1 aliphatic rings. The summed E-state index contributed by atoms with van der Waals surface area (Å²) in [5.41, 5.74) is 9.59. The summed E-state index contributed by atoms with van der Waals surface area (Å²) in [6, 6.07) is 8.50. The molecule has 0 aliphatic carbocycles. The molecule has 0 amide bonds. The van der Waals surface area contributed by atoms with Crippen molar-refractivity contribution in [2.75, 3.05) is 11.4 Å². The molecule has 2 heterocycles. The van der Waals surface area contributed by atoms with Gasteiger partial charge in [0, 0.05) is 31.5 Å². The molecule has 1 atom stereocenters. The van der Waals surface area contributed by atoms with E-state index in [9.17, 15) is 0 Å². The number of aromatic nitrogens is 3. The SMILES string of the molecule is Cn1cc(CN2CCC(N)c3ccccc32)nn1. The van der Waals surface area contributed by atoms with Crippen LogP contribution in [-0.4, -0.2) is 21.5 Å². The van der Waals surface area contributed by atoms with E-state index in [0.29, 0.717) is 0 Å². The fraction of sp³-hybridized carbons (Fsp3) is 0.385. The van der Waals surface area contributed by atoms with Gasteiger partial charge < -0.3 is 10.6 Å². The van der Waals surface area contributed by atoms with Crippen LogP contribution in [0.1, 0.15) is 23.7 Å². The Morgan fingerprint density at radius 2 is 2.22 bits per heavy atom. The van der Waals surface area contributed by atoms with Crippen LogP contribution in [0.3, 0.4) is 0 Å². The van der Waals surface area contributed by atoms with Crippen molar-refractivity contribution in [3.63, 3.8) is 0 Å². The lowest BCUT2D eigenvalue weighted by atomic mass is 9.97. The Kier molecular flexibility index (Phi) is 2.76. The summed E-state index contributed by atoms with van der Waals surface area (Å²) in [5, 5.41) is 8.11. The third-order valence-electron chi connectivity index (χ3n) is 3.39. The van der Waals surface area contributed by atoms with Gasteiger partial charge in [-0.05, 0) is 18.1 Å². The maximum atomic E-state index is 6.15. The highest BCUT2D eigenvalue weighted by molar-refractivity contribution is 5.56. The Labute approximate surface area is 106 Å². The molecular formula is C13H17N5. The molecule has 1 aromatic heterocycles. The Balaban J connectivity index is 1.88. The highest BCUT2D eigenvalue weighted by Crippen LogP contribution is 2.32. The van der Waals surface area contributed by atoms with E-state index < -0.39 is 0 Å². The van der Waals surface area contributed by atoms with Crippen molar-refractivity contribution < 1.29 is 0 Å². The minimum atomic E-state index is 0.152. The zero-order chi connectivity index (χ0) is 12.5. The first-order valence-corrected chi connectivity index (χ1v) is 6.18. The molecule has 1 unspecified atom stereocenters. The molecule has 5 heteroatoms. The first-order valence-electron chi connectivity index (χ1n) is 6.18. The minimum absolute atomic E-state index is 0.152. The second-order valence-electron chi connectivity index (χ2n) is 4.76. The van der Waals surface area contributed by atoms with Gasteiger partial charge in [-0.25, -0.2) is 0 Å². The second kappa shape index (κ2) is 4.42. The summed E-state index contributed by atoms with van der Waals surface area (Å²) in [4.78, 5) is 2.32. The highest BCUT2D eigenvalue weighted by atomic mass is 15.4. The van der Waals surface area contributed by atoms with Crippen molar-refractivity contribution in [3.8, 4) is 0 Å². The summed E-state index contributed by atoms with van der Waals surface area (Å²) >= 11 is 0. The quantitative estimate of drug-likeness (QED) is 0.861. The lowest BCUT2D eigenvalue weighted by molar-refractivity contribution is 0.587. The molecule has 0 spiro atoms. The fourth-order valence-electron chi connectivity index (χ4n) is 2.49. The van der Waals surface area contributed by atoms with Crippen molar-refractivity contribution in [3.05, 3.63) is 41.7 Å². The standard InChI is InChI=1S/C13H17N5/c1-17-8-10(15-16-17)9-18-7-6-12(14)11-4-2-3-5-13(11)18/h2-5,8,12H,6-7,9,14H2,1H3. The van der Waals surface area contributed by atoms with Crippen molar-refractivity contribution in [1.82, 2.24) is 15.0 Å². The molecule has 1 aromatic carbocycles. The Hall–Kier alpha value is -1.88. The van der Waals surface area contributed by atoms with Gasteiger partial charge in [0.15, 0.2) is 0 Å². The van der Waals surface area contributed by atoms with E-state index in [1.165, 1.54) is 11.3 Å². The van der Waals surface area contributed by atoms with Gasteiger partial charge in [-0.2, -0.15) is 0 Å². The Morgan fingerprint density at radius 3 is 3.00 bits per heavy atom. The van der Waals surface area contributed by atoms with E-state index in [1.54, 1.807) is 4.68 Å². The maximum absolute atomic E-state index is 6.15. The third kappa shape index (κ3) is 1.97. The van der Waals surface area contributed by atoms with Crippen LogP contribution in [0.15, 0.2) is 30.5 Å². The van der Waals surface area contributed by atoms with Crippen molar-refractivity contribution >= 4 is 5.69 Å². The number of aryl methyl sites for hydroxylation is 1. The monoisotopic (exact) mass is 243 g/mol. The van der Waals surface area contributed by atoms with Crippen LogP contribution in [0.2, 0.25) is 0 Å². The molecule has 0 bridgehead atoms. The Bertz CT molecular complexity index is 548. The number of hydrogen-bond donors (Lipinski definition) is 1. The van der Waals surface area contributed by atoms with Gasteiger partial charge in [0.25, 0.3) is 0 Å². The van der Waals surface area contributed by atoms with E-state index in [2.05, 4.69) is 33.4 Å². The first kappa shape index (κ1) is 11.2. The van der Waals surface area contributed by atoms with Gasteiger partial charge in [-0.15, -0.1) is 5.10 Å². The molecule has 0 fully saturated rings. The van der Waals surface area contributed by atoms with Crippen LogP contribution < -0.4 is 10.6 Å². The largest absolute Gasteiger partial charge is 0.365 e. The average molecular weight is 243 g/mol. The van der Waals surface area contributed by atoms with Gasteiger partial charge in [-0.3, -0.25) is 4.68 Å². The van der Waals surface area contributed by atoms with Crippen LogP contribution in [-0.2, 0) is 13.6 Å².